The fourth-order valence-corrected chi connectivity index (χ4v) is 6.66. The second-order valence-electron chi connectivity index (χ2n) is 8.88. The van der Waals surface area contributed by atoms with E-state index in [2.05, 4.69) is 9.88 Å². The van der Waals surface area contributed by atoms with Crippen LogP contribution in [0.25, 0.3) is 0 Å². The maximum atomic E-state index is 12.5. The van der Waals surface area contributed by atoms with Gasteiger partial charge in [-0.2, -0.15) is 0 Å². The van der Waals surface area contributed by atoms with Crippen LogP contribution in [0.1, 0.15) is 32.4 Å². The van der Waals surface area contributed by atoms with Crippen LogP contribution < -0.4 is 9.88 Å². The molecule has 0 aromatic carbocycles. The summed E-state index contributed by atoms with van der Waals surface area (Å²) in [6.45, 7) is 5.20. The average Bonchev–Trinajstić information content (AvgIpc) is 3.36. The molecule has 0 radical (unpaired) electrons. The molecule has 0 bridgehead atoms. The van der Waals surface area contributed by atoms with Gasteiger partial charge in [-0.05, 0) is 13.3 Å². The molecule has 3 aliphatic rings. The van der Waals surface area contributed by atoms with Crippen LogP contribution in [0.4, 0.5) is 0 Å². The van der Waals surface area contributed by atoms with Crippen molar-refractivity contribution in [3.63, 3.8) is 0 Å². The molecule has 2 saturated heterocycles. The minimum absolute atomic E-state index is 0.0134. The maximum absolute atomic E-state index is 12.5. The normalized spacial score (nSPS) is 31.2. The number of hydrogen-bond acceptors (Lipinski definition) is 6. The summed E-state index contributed by atoms with van der Waals surface area (Å²) in [6, 6.07) is 0.0682. The zero-order valence-electron chi connectivity index (χ0n) is 18.1. The Morgan fingerprint density at radius 3 is 2.81 bits per heavy atom. The molecule has 0 spiro atoms. The fraction of sp³-hybridized carbons (Fsp3) is 0.667. The average molecular weight is 452 g/mol. The van der Waals surface area contributed by atoms with Crippen molar-refractivity contribution in [1.82, 2.24) is 14.8 Å². The van der Waals surface area contributed by atoms with Crippen LogP contribution in [0.5, 0.6) is 0 Å². The maximum Gasteiger partial charge on any atom is 0.353 e. The van der Waals surface area contributed by atoms with E-state index in [1.54, 1.807) is 18.7 Å². The number of rotatable bonds is 8. The Morgan fingerprint density at radius 1 is 1.45 bits per heavy atom. The summed E-state index contributed by atoms with van der Waals surface area (Å²) in [4.78, 5) is 26.6. The Bertz CT molecular complexity index is 914. The highest BCUT2D eigenvalue weighted by atomic mass is 32.2. The third kappa shape index (κ3) is 3.90. The Morgan fingerprint density at radius 2 is 2.19 bits per heavy atom. The van der Waals surface area contributed by atoms with Crippen molar-refractivity contribution in [2.45, 2.75) is 63.3 Å². The van der Waals surface area contributed by atoms with Gasteiger partial charge in [0.05, 0.1) is 31.7 Å². The van der Waals surface area contributed by atoms with Gasteiger partial charge in [-0.3, -0.25) is 4.79 Å². The monoisotopic (exact) mass is 451 g/mol. The number of nitrogens with zero attached hydrogens (tertiary/aromatic N) is 3. The number of imidazole rings is 1. The number of thioether (sulfide) groups is 1. The lowest BCUT2D eigenvalue weighted by Crippen LogP contribution is -2.63. The van der Waals surface area contributed by atoms with Crippen molar-refractivity contribution in [1.29, 1.82) is 0 Å². The lowest BCUT2D eigenvalue weighted by molar-refractivity contribution is -0.697. The summed E-state index contributed by atoms with van der Waals surface area (Å²) in [6.07, 6.45) is 5.00. The Labute approximate surface area is 185 Å². The first-order valence-electron chi connectivity index (χ1n) is 10.8. The number of carbonyl (C=O) groups is 2. The van der Waals surface area contributed by atoms with Crippen LogP contribution >= 0.6 is 11.8 Å². The first kappa shape index (κ1) is 22.3. The molecule has 3 aliphatic heterocycles. The molecular formula is C21H31N4O5S+. The number of β-lactam (4-membered cyclic amide) rings is 1. The topological polar surface area (TPSA) is 119 Å². The zero-order chi connectivity index (χ0) is 22.4. The van der Waals surface area contributed by atoms with Crippen LogP contribution in [-0.4, -0.2) is 66.6 Å². The molecule has 4 heterocycles. The molecular weight excluding hydrogens is 420 g/mol. The number of nitrogens with one attached hydrogen (secondary N) is 1. The van der Waals surface area contributed by atoms with Crippen LogP contribution in [0, 0.1) is 11.8 Å². The van der Waals surface area contributed by atoms with Crippen molar-refractivity contribution in [3.8, 4) is 0 Å². The second-order valence-corrected chi connectivity index (χ2v) is 10.2. The highest BCUT2D eigenvalue weighted by Gasteiger charge is 2.60. The highest BCUT2D eigenvalue weighted by Crippen LogP contribution is 2.51. The molecule has 10 heteroatoms. The number of hydrogen-bond donors (Lipinski definition) is 4. The van der Waals surface area contributed by atoms with Crippen molar-refractivity contribution < 1.29 is 29.5 Å². The molecule has 4 rings (SSSR count). The number of carboxylic acid groups (broad SMARTS) is 1. The summed E-state index contributed by atoms with van der Waals surface area (Å²) < 4.78 is 3.98. The highest BCUT2D eigenvalue weighted by molar-refractivity contribution is 8.03. The molecule has 1 amide bonds. The summed E-state index contributed by atoms with van der Waals surface area (Å²) >= 11 is 1.58. The summed E-state index contributed by atoms with van der Waals surface area (Å²) in [5.74, 6) is -1.98. The van der Waals surface area contributed by atoms with Crippen LogP contribution in [-0.2, 0) is 29.8 Å². The number of aryl methyl sites for hydroxylation is 2. The van der Waals surface area contributed by atoms with E-state index in [4.69, 9.17) is 0 Å². The predicted molar refractivity (Wildman–Crippen MR) is 114 cm³/mol. The molecule has 0 saturated carbocycles. The van der Waals surface area contributed by atoms with E-state index in [0.717, 1.165) is 36.5 Å². The SMILES string of the molecule is C[C@@H](O)[C@H]1C(=O)N2C(C(=O)O)=C(S[C@@H]3CN[C@H](CC[n+]4cc(CO)n(C)c4)C3)[C@H](C)[C@H]12. The molecule has 0 unspecified atom stereocenters. The van der Waals surface area contributed by atoms with Gasteiger partial charge in [0.25, 0.3) is 0 Å². The van der Waals surface area contributed by atoms with E-state index < -0.39 is 18.0 Å². The number of carboxylic acids is 1. The standard InChI is InChI=1S/C21H30N4O5S/c1-11-17-16(12(2)27)20(28)25(17)18(21(29)30)19(11)31-15-6-13(22-7-15)4-5-24-8-14(9-26)23(3)10-24/h8,10-13,15-17,22,26-27H,4-7,9H2,1-3H3/p+1/t11-,12-,13-,15+,16-,17-/m1/s1. The molecule has 2 fully saturated rings. The smallest absolute Gasteiger partial charge is 0.353 e. The van der Waals surface area contributed by atoms with Crippen molar-refractivity contribution in [2.75, 3.05) is 6.54 Å². The molecule has 6 atom stereocenters. The number of aromatic nitrogens is 2. The first-order chi connectivity index (χ1) is 14.7. The van der Waals surface area contributed by atoms with E-state index >= 15 is 0 Å². The number of aliphatic carboxylic acids is 1. The van der Waals surface area contributed by atoms with Gasteiger partial charge in [-0.15, -0.1) is 11.8 Å². The van der Waals surface area contributed by atoms with Crippen LogP contribution in [0.2, 0.25) is 0 Å². The van der Waals surface area contributed by atoms with E-state index in [0.29, 0.717) is 6.04 Å². The summed E-state index contributed by atoms with van der Waals surface area (Å²) in [5, 5.41) is 32.9. The van der Waals surface area contributed by atoms with Crippen molar-refractivity contribution in [2.24, 2.45) is 18.9 Å². The molecule has 4 N–H and O–H groups in total. The van der Waals surface area contributed by atoms with Gasteiger partial charge >= 0.3 is 5.97 Å². The Hall–Kier alpha value is -1.88. The third-order valence-corrected chi connectivity index (χ3v) is 8.29. The van der Waals surface area contributed by atoms with E-state index in [1.807, 2.05) is 31.1 Å². The number of aliphatic hydroxyl groups excluding tert-OH is 2. The van der Waals surface area contributed by atoms with Gasteiger partial charge in [0.15, 0.2) is 5.69 Å². The molecule has 1 aromatic rings. The minimum Gasteiger partial charge on any atom is -0.477 e. The number of aliphatic hydroxyl groups is 2. The van der Waals surface area contributed by atoms with Crippen molar-refractivity contribution >= 4 is 23.6 Å². The summed E-state index contributed by atoms with van der Waals surface area (Å²) in [5.41, 5.74) is 0.968. The third-order valence-electron chi connectivity index (χ3n) is 6.77. The Balaban J connectivity index is 1.39. The number of fused-ring (bicyclic) bond motifs is 1. The number of amides is 1. The predicted octanol–water partition coefficient (Wildman–Crippen LogP) is -0.188. The molecule has 1 aromatic heterocycles. The number of carbonyl (C=O) groups excluding carboxylic acids is 1. The largest absolute Gasteiger partial charge is 0.477 e. The lowest BCUT2D eigenvalue weighted by atomic mass is 9.79. The van der Waals surface area contributed by atoms with E-state index in [1.165, 1.54) is 4.90 Å². The fourth-order valence-electron chi connectivity index (χ4n) is 5.14. The van der Waals surface area contributed by atoms with Crippen LogP contribution in [0.3, 0.4) is 0 Å². The molecule has 31 heavy (non-hydrogen) atoms. The van der Waals surface area contributed by atoms with Gasteiger partial charge in [-0.1, -0.05) is 6.92 Å². The first-order valence-corrected chi connectivity index (χ1v) is 11.6. The van der Waals surface area contributed by atoms with E-state index in [9.17, 15) is 24.9 Å². The van der Waals surface area contributed by atoms with Crippen LogP contribution in [0.15, 0.2) is 23.1 Å². The van der Waals surface area contributed by atoms with Gasteiger partial charge in [-0.25, -0.2) is 13.9 Å². The minimum atomic E-state index is -1.07. The van der Waals surface area contributed by atoms with Gasteiger partial charge < -0.3 is 25.5 Å². The lowest BCUT2D eigenvalue weighted by Gasteiger charge is -2.46. The molecule has 9 nitrogen and oxygen atoms in total. The summed E-state index contributed by atoms with van der Waals surface area (Å²) in [7, 11) is 1.91. The Kier molecular flexibility index (Phi) is 6.17. The molecule has 0 aliphatic carbocycles. The van der Waals surface area contributed by atoms with Gasteiger partial charge in [0.2, 0.25) is 12.2 Å². The second kappa shape index (κ2) is 8.57. The quantitative estimate of drug-likeness (QED) is 0.320. The van der Waals surface area contributed by atoms with E-state index in [-0.39, 0.29) is 35.4 Å². The van der Waals surface area contributed by atoms with Gasteiger partial charge in [0, 0.05) is 35.1 Å². The van der Waals surface area contributed by atoms with Gasteiger partial charge in [0.1, 0.15) is 18.5 Å². The molecule has 170 valence electrons. The van der Waals surface area contributed by atoms with Crippen molar-refractivity contribution in [3.05, 3.63) is 28.8 Å². The zero-order valence-corrected chi connectivity index (χ0v) is 18.9.